The summed E-state index contributed by atoms with van der Waals surface area (Å²) in [4.78, 5) is 0. The first-order chi connectivity index (χ1) is 13.3. The lowest BCUT2D eigenvalue weighted by Crippen LogP contribution is -2.22. The number of hydrogen-bond acceptors (Lipinski definition) is 3. The van der Waals surface area contributed by atoms with Gasteiger partial charge >= 0.3 is 0 Å². The average molecular weight is 524 g/mol. The lowest BCUT2D eigenvalue weighted by molar-refractivity contribution is 0.0817. The van der Waals surface area contributed by atoms with E-state index in [4.69, 9.17) is 4.74 Å². The maximum atomic E-state index is 5.72. The minimum absolute atomic E-state index is 0.532. The maximum Gasteiger partial charge on any atom is 0.139 e. The number of halogens is 2. The van der Waals surface area contributed by atoms with E-state index in [-0.39, 0.29) is 0 Å². The number of ether oxygens (including phenoxy) is 1. The van der Waals surface area contributed by atoms with Gasteiger partial charge in [-0.2, -0.15) is 10.2 Å². The van der Waals surface area contributed by atoms with Gasteiger partial charge in [0.25, 0.3) is 0 Å². The van der Waals surface area contributed by atoms with Crippen LogP contribution in [0.1, 0.15) is 0 Å². The molecule has 148 valence electrons. The van der Waals surface area contributed by atoms with Crippen molar-refractivity contribution in [2.75, 3.05) is 6.61 Å². The minimum Gasteiger partial charge on any atom is -0.360 e. The number of aromatic nitrogens is 4. The first-order valence-corrected chi connectivity index (χ1v) is 14.4. The van der Waals surface area contributed by atoms with Gasteiger partial charge in [-0.3, -0.25) is 5.10 Å². The molecule has 2 aromatic carbocycles. The first-order valence-electron chi connectivity index (χ1n) is 9.09. The van der Waals surface area contributed by atoms with Crippen molar-refractivity contribution < 1.29 is 4.74 Å². The zero-order valence-electron chi connectivity index (χ0n) is 16.2. The van der Waals surface area contributed by atoms with Gasteiger partial charge in [-0.05, 0) is 30.3 Å². The molecule has 4 aromatic rings. The monoisotopic (exact) mass is 522 g/mol. The number of H-pyrrole nitrogens is 1. The molecule has 0 aliphatic rings. The van der Waals surface area contributed by atoms with Crippen LogP contribution in [0.2, 0.25) is 25.7 Å². The molecule has 2 heterocycles. The smallest absolute Gasteiger partial charge is 0.139 e. The fourth-order valence-corrected chi connectivity index (χ4v) is 4.05. The number of hydrogen-bond donors (Lipinski definition) is 1. The van der Waals surface area contributed by atoms with E-state index in [2.05, 4.69) is 78.9 Å². The number of benzene rings is 2. The standard InChI is InChI=1S/C13H19BrN2OSi.C7H5BrN2/c1-18(2,3)7-6-17-10-16-13-8-12(14)5-4-11(13)9-15-16;8-6-2-1-5-4-9-10-7(5)3-6/h4-5,8-9H,6-7,10H2,1-3H3;1-4H,(H,9,10). The Bertz CT molecular complexity index is 1060. The molecule has 0 amide bonds. The highest BCUT2D eigenvalue weighted by molar-refractivity contribution is 9.10. The van der Waals surface area contributed by atoms with Gasteiger partial charge in [-0.1, -0.05) is 63.6 Å². The largest absolute Gasteiger partial charge is 0.360 e. The van der Waals surface area contributed by atoms with E-state index < -0.39 is 8.07 Å². The highest BCUT2D eigenvalue weighted by Crippen LogP contribution is 2.19. The van der Waals surface area contributed by atoms with E-state index in [1.165, 1.54) is 6.04 Å². The van der Waals surface area contributed by atoms with Crippen LogP contribution in [0, 0.1) is 0 Å². The van der Waals surface area contributed by atoms with Crippen molar-refractivity contribution in [3.05, 3.63) is 57.7 Å². The second kappa shape index (κ2) is 9.34. The number of rotatable bonds is 5. The SMILES string of the molecule is Brc1ccc2cn[nH]c2c1.C[Si](C)(C)CCOCn1ncc2ccc(Br)cc21. The van der Waals surface area contributed by atoms with Crippen molar-refractivity contribution in [2.45, 2.75) is 32.4 Å². The molecule has 8 heteroatoms. The van der Waals surface area contributed by atoms with Crippen LogP contribution >= 0.6 is 31.9 Å². The molecule has 4 rings (SSSR count). The van der Waals surface area contributed by atoms with Gasteiger partial charge in [-0.15, -0.1) is 0 Å². The van der Waals surface area contributed by atoms with Gasteiger partial charge in [0, 0.05) is 34.4 Å². The van der Waals surface area contributed by atoms with Crippen LogP contribution in [0.15, 0.2) is 57.7 Å². The molecule has 0 fully saturated rings. The summed E-state index contributed by atoms with van der Waals surface area (Å²) in [5.74, 6) is 0. The fraction of sp³-hybridized carbons (Fsp3) is 0.300. The van der Waals surface area contributed by atoms with Crippen molar-refractivity contribution in [1.29, 1.82) is 0 Å². The second-order valence-corrected chi connectivity index (χ2v) is 15.2. The van der Waals surface area contributed by atoms with Crippen LogP contribution < -0.4 is 0 Å². The van der Waals surface area contributed by atoms with Gasteiger partial charge in [0.05, 0.1) is 23.4 Å². The predicted molar refractivity (Wildman–Crippen MR) is 125 cm³/mol. The molecule has 0 bridgehead atoms. The third kappa shape index (κ3) is 6.01. The molecular formula is C20H24Br2N4OSi. The Kier molecular flexibility index (Phi) is 7.08. The quantitative estimate of drug-likeness (QED) is 0.242. The van der Waals surface area contributed by atoms with E-state index in [0.29, 0.717) is 6.73 Å². The summed E-state index contributed by atoms with van der Waals surface area (Å²) >= 11 is 6.85. The van der Waals surface area contributed by atoms with Gasteiger partial charge in [0.1, 0.15) is 6.73 Å². The van der Waals surface area contributed by atoms with Crippen molar-refractivity contribution in [3.8, 4) is 0 Å². The predicted octanol–water partition coefficient (Wildman–Crippen LogP) is 6.44. The van der Waals surface area contributed by atoms with Gasteiger partial charge in [0.15, 0.2) is 0 Å². The van der Waals surface area contributed by atoms with E-state index in [1.54, 1.807) is 0 Å². The number of aromatic amines is 1. The molecule has 5 nitrogen and oxygen atoms in total. The molecular weight excluding hydrogens is 500 g/mol. The Hall–Kier alpha value is -1.48. The summed E-state index contributed by atoms with van der Waals surface area (Å²) in [5, 5.41) is 13.4. The van der Waals surface area contributed by atoms with Crippen LogP contribution in [0.25, 0.3) is 21.8 Å². The van der Waals surface area contributed by atoms with Crippen molar-refractivity contribution in [3.63, 3.8) is 0 Å². The van der Waals surface area contributed by atoms with Crippen LogP contribution in [-0.4, -0.2) is 34.7 Å². The number of nitrogens with one attached hydrogen (secondary N) is 1. The van der Waals surface area contributed by atoms with Gasteiger partial charge in [-0.25, -0.2) is 4.68 Å². The molecule has 0 saturated carbocycles. The Morgan fingerprint density at radius 1 is 1.00 bits per heavy atom. The van der Waals surface area contributed by atoms with Crippen LogP contribution in [0.4, 0.5) is 0 Å². The first kappa shape index (κ1) is 21.2. The van der Waals surface area contributed by atoms with Crippen LogP contribution in [0.3, 0.4) is 0 Å². The molecule has 0 aliphatic heterocycles. The van der Waals surface area contributed by atoms with Crippen molar-refractivity contribution in [1.82, 2.24) is 20.0 Å². The fourth-order valence-electron chi connectivity index (χ4n) is 2.59. The zero-order valence-corrected chi connectivity index (χ0v) is 20.4. The Balaban J connectivity index is 0.000000188. The van der Waals surface area contributed by atoms with E-state index in [1.807, 2.05) is 41.3 Å². The second-order valence-electron chi connectivity index (χ2n) is 7.80. The summed E-state index contributed by atoms with van der Waals surface area (Å²) in [6, 6.07) is 13.4. The zero-order chi connectivity index (χ0) is 20.1. The van der Waals surface area contributed by atoms with Crippen molar-refractivity contribution >= 4 is 61.7 Å². The van der Waals surface area contributed by atoms with Gasteiger partial charge < -0.3 is 4.74 Å². The molecule has 28 heavy (non-hydrogen) atoms. The molecule has 0 radical (unpaired) electrons. The molecule has 1 N–H and O–H groups in total. The van der Waals surface area contributed by atoms with E-state index in [0.717, 1.165) is 37.4 Å². The summed E-state index contributed by atoms with van der Waals surface area (Å²) in [5.41, 5.74) is 2.17. The molecule has 0 unspecified atom stereocenters. The maximum absolute atomic E-state index is 5.72. The number of nitrogens with zero attached hydrogens (tertiary/aromatic N) is 3. The average Bonchev–Trinajstić information content (AvgIpc) is 3.24. The Labute approximate surface area is 182 Å². The summed E-state index contributed by atoms with van der Waals surface area (Å²) < 4.78 is 9.77. The van der Waals surface area contributed by atoms with Gasteiger partial charge in [0.2, 0.25) is 0 Å². The summed E-state index contributed by atoms with van der Waals surface area (Å²) in [6.45, 7) is 8.43. The summed E-state index contributed by atoms with van der Waals surface area (Å²) in [6.07, 6.45) is 3.69. The molecule has 0 spiro atoms. The van der Waals surface area contributed by atoms with E-state index in [9.17, 15) is 0 Å². The lowest BCUT2D eigenvalue weighted by atomic mass is 10.3. The number of fused-ring (bicyclic) bond motifs is 2. The third-order valence-corrected chi connectivity index (χ3v) is 6.91. The topological polar surface area (TPSA) is 55.7 Å². The highest BCUT2D eigenvalue weighted by atomic mass is 79.9. The molecule has 0 saturated heterocycles. The molecule has 0 aliphatic carbocycles. The minimum atomic E-state index is -1.00. The normalized spacial score (nSPS) is 11.6. The molecule has 2 aromatic heterocycles. The highest BCUT2D eigenvalue weighted by Gasteiger charge is 2.12. The van der Waals surface area contributed by atoms with E-state index >= 15 is 0 Å². The Morgan fingerprint density at radius 3 is 2.46 bits per heavy atom. The third-order valence-electron chi connectivity index (χ3n) is 4.22. The molecule has 0 atom stereocenters. The van der Waals surface area contributed by atoms with Crippen LogP contribution in [0.5, 0.6) is 0 Å². The van der Waals surface area contributed by atoms with Crippen molar-refractivity contribution in [2.24, 2.45) is 0 Å². The summed E-state index contributed by atoms with van der Waals surface area (Å²) in [7, 11) is -1.00. The van der Waals surface area contributed by atoms with Crippen LogP contribution in [-0.2, 0) is 11.5 Å². The lowest BCUT2D eigenvalue weighted by Gasteiger charge is -2.15. The Morgan fingerprint density at radius 2 is 1.71 bits per heavy atom.